The molecule has 10 rings (SSSR count). The largest absolute Gasteiger partial charge is 0.464 e. The molecule has 48 heavy (non-hydrogen) atoms. The molecule has 0 fully saturated rings. The summed E-state index contributed by atoms with van der Waals surface area (Å²) >= 11 is 0. The Morgan fingerprint density at radius 1 is 0.458 bits per heavy atom. The molecule has 0 bridgehead atoms. The standard InChI is InChI=1S/C44H28N2O2/c1-2-14-34-33(13-1)37-25-29(27-9-7-11-31(23-27)43-45-39-15-3-5-17-41(39)47-43)19-21-35(37)36-22-20-30(26-38(34)36)28-10-8-12-32(24-28)44-46-40-16-4-6-18-42(40)48-44/h1-26,43,45H. The average Bonchev–Trinajstić information content (AvgIpc) is 3.80. The molecular weight excluding hydrogens is 588 g/mol. The highest BCUT2D eigenvalue weighted by Crippen LogP contribution is 2.41. The zero-order valence-electron chi connectivity index (χ0n) is 25.9. The van der Waals surface area contributed by atoms with Gasteiger partial charge in [-0.25, -0.2) is 4.98 Å². The van der Waals surface area contributed by atoms with Crippen LogP contribution in [0.25, 0.3) is 77.1 Å². The number of oxazole rings is 1. The van der Waals surface area contributed by atoms with E-state index in [4.69, 9.17) is 14.1 Å². The van der Waals surface area contributed by atoms with E-state index in [2.05, 4.69) is 121 Å². The first-order valence-corrected chi connectivity index (χ1v) is 16.2. The maximum absolute atomic E-state index is 6.22. The molecule has 0 saturated carbocycles. The Kier molecular flexibility index (Phi) is 5.90. The predicted molar refractivity (Wildman–Crippen MR) is 196 cm³/mol. The number of ether oxygens (including phenoxy) is 1. The summed E-state index contributed by atoms with van der Waals surface area (Å²) in [5.74, 6) is 1.52. The molecule has 1 aliphatic rings. The number of para-hydroxylation sites is 4. The number of aromatic nitrogens is 1. The fraction of sp³-hybridized carbons (Fsp3) is 0.0227. The Morgan fingerprint density at radius 3 is 1.81 bits per heavy atom. The van der Waals surface area contributed by atoms with E-state index >= 15 is 0 Å². The van der Waals surface area contributed by atoms with E-state index < -0.39 is 0 Å². The number of anilines is 1. The van der Waals surface area contributed by atoms with Gasteiger partial charge in [0.2, 0.25) is 5.89 Å². The van der Waals surface area contributed by atoms with Crippen molar-refractivity contribution >= 4 is 49.1 Å². The Morgan fingerprint density at radius 2 is 1.06 bits per heavy atom. The van der Waals surface area contributed by atoms with Crippen LogP contribution < -0.4 is 10.1 Å². The second kappa shape index (κ2) is 10.6. The number of nitrogens with one attached hydrogen (secondary N) is 1. The van der Waals surface area contributed by atoms with Crippen LogP contribution in [0.4, 0.5) is 5.69 Å². The van der Waals surface area contributed by atoms with Gasteiger partial charge in [0.25, 0.3) is 0 Å². The summed E-state index contributed by atoms with van der Waals surface area (Å²) in [6.45, 7) is 0. The molecule has 226 valence electrons. The van der Waals surface area contributed by atoms with Crippen molar-refractivity contribution in [1.82, 2.24) is 4.98 Å². The summed E-state index contributed by atoms with van der Waals surface area (Å²) in [4.78, 5) is 4.73. The van der Waals surface area contributed by atoms with E-state index in [-0.39, 0.29) is 6.23 Å². The average molecular weight is 617 g/mol. The number of benzene rings is 8. The van der Waals surface area contributed by atoms with Crippen molar-refractivity contribution in [3.63, 3.8) is 0 Å². The van der Waals surface area contributed by atoms with Crippen LogP contribution in [0, 0.1) is 0 Å². The highest BCUT2D eigenvalue weighted by atomic mass is 16.5. The lowest BCUT2D eigenvalue weighted by atomic mass is 9.90. The zero-order chi connectivity index (χ0) is 31.6. The molecule has 2 heterocycles. The van der Waals surface area contributed by atoms with Crippen LogP contribution in [0.3, 0.4) is 0 Å². The summed E-state index contributed by atoms with van der Waals surface area (Å²) in [5.41, 5.74) is 9.36. The van der Waals surface area contributed by atoms with Crippen LogP contribution in [0.15, 0.2) is 162 Å². The van der Waals surface area contributed by atoms with Crippen molar-refractivity contribution in [2.75, 3.05) is 5.32 Å². The van der Waals surface area contributed by atoms with Crippen LogP contribution >= 0.6 is 0 Å². The number of hydrogen-bond acceptors (Lipinski definition) is 4. The van der Waals surface area contributed by atoms with Crippen LogP contribution in [0.2, 0.25) is 0 Å². The summed E-state index contributed by atoms with van der Waals surface area (Å²) in [5, 5.41) is 11.0. The molecule has 1 N–H and O–H groups in total. The third kappa shape index (κ3) is 4.34. The molecule has 1 aliphatic heterocycles. The molecule has 1 atom stereocenters. The normalized spacial score (nSPS) is 14.0. The lowest BCUT2D eigenvalue weighted by Crippen LogP contribution is -2.10. The third-order valence-corrected chi connectivity index (χ3v) is 9.51. The Hall–Kier alpha value is -6.39. The van der Waals surface area contributed by atoms with Gasteiger partial charge >= 0.3 is 0 Å². The third-order valence-electron chi connectivity index (χ3n) is 9.51. The van der Waals surface area contributed by atoms with Crippen molar-refractivity contribution < 1.29 is 9.15 Å². The summed E-state index contributed by atoms with van der Waals surface area (Å²) in [7, 11) is 0. The van der Waals surface area contributed by atoms with Gasteiger partial charge in [-0.15, -0.1) is 0 Å². The van der Waals surface area contributed by atoms with E-state index in [0.717, 1.165) is 50.4 Å². The van der Waals surface area contributed by atoms with E-state index in [1.807, 2.05) is 42.5 Å². The van der Waals surface area contributed by atoms with Crippen LogP contribution in [-0.4, -0.2) is 4.98 Å². The summed E-state index contributed by atoms with van der Waals surface area (Å²) in [6, 6.07) is 55.5. The van der Waals surface area contributed by atoms with E-state index in [0.29, 0.717) is 5.89 Å². The van der Waals surface area contributed by atoms with Gasteiger partial charge < -0.3 is 14.5 Å². The molecule has 0 saturated heterocycles. The molecule has 9 aromatic rings. The monoisotopic (exact) mass is 616 g/mol. The molecular formula is C44H28N2O2. The van der Waals surface area contributed by atoms with E-state index in [9.17, 15) is 0 Å². The van der Waals surface area contributed by atoms with Crippen LogP contribution in [0.1, 0.15) is 11.8 Å². The minimum Gasteiger partial charge on any atom is -0.464 e. The Balaban J connectivity index is 1.06. The quantitative estimate of drug-likeness (QED) is 0.200. The first-order chi connectivity index (χ1) is 23.7. The van der Waals surface area contributed by atoms with Gasteiger partial charge in [0.15, 0.2) is 11.8 Å². The van der Waals surface area contributed by atoms with Gasteiger partial charge in [0.1, 0.15) is 11.3 Å². The molecule has 0 amide bonds. The van der Waals surface area contributed by atoms with Gasteiger partial charge in [0.05, 0.1) is 5.69 Å². The van der Waals surface area contributed by atoms with Crippen molar-refractivity contribution in [2.24, 2.45) is 0 Å². The first kappa shape index (κ1) is 26.8. The van der Waals surface area contributed by atoms with E-state index in [1.165, 1.54) is 37.9 Å². The molecule has 1 unspecified atom stereocenters. The van der Waals surface area contributed by atoms with Crippen molar-refractivity contribution in [1.29, 1.82) is 0 Å². The molecule has 1 aromatic heterocycles. The highest BCUT2D eigenvalue weighted by Gasteiger charge is 2.23. The Labute approximate surface area is 276 Å². The number of rotatable bonds is 4. The summed E-state index contributed by atoms with van der Waals surface area (Å²) in [6.07, 6.45) is -0.211. The van der Waals surface area contributed by atoms with Gasteiger partial charge in [-0.05, 0) is 109 Å². The molecule has 4 heteroatoms. The molecule has 4 nitrogen and oxygen atoms in total. The van der Waals surface area contributed by atoms with Gasteiger partial charge in [-0.2, -0.15) is 0 Å². The predicted octanol–water partition coefficient (Wildman–Crippen LogP) is 11.8. The van der Waals surface area contributed by atoms with Gasteiger partial charge in [0, 0.05) is 11.1 Å². The topological polar surface area (TPSA) is 47.3 Å². The fourth-order valence-electron chi connectivity index (χ4n) is 7.16. The van der Waals surface area contributed by atoms with E-state index in [1.54, 1.807) is 0 Å². The maximum Gasteiger partial charge on any atom is 0.227 e. The highest BCUT2D eigenvalue weighted by molar-refractivity contribution is 6.26. The van der Waals surface area contributed by atoms with Gasteiger partial charge in [-0.1, -0.05) is 103 Å². The van der Waals surface area contributed by atoms with Crippen molar-refractivity contribution in [3.8, 4) is 39.5 Å². The first-order valence-electron chi connectivity index (χ1n) is 16.2. The molecule has 0 spiro atoms. The second-order valence-electron chi connectivity index (χ2n) is 12.4. The second-order valence-corrected chi connectivity index (χ2v) is 12.4. The molecule has 0 radical (unpaired) electrons. The van der Waals surface area contributed by atoms with Crippen LogP contribution in [0.5, 0.6) is 5.75 Å². The molecule has 8 aromatic carbocycles. The smallest absolute Gasteiger partial charge is 0.227 e. The number of nitrogens with zero attached hydrogens (tertiary/aromatic N) is 1. The lowest BCUT2D eigenvalue weighted by molar-refractivity contribution is 0.260. The summed E-state index contributed by atoms with van der Waals surface area (Å²) < 4.78 is 12.3. The van der Waals surface area contributed by atoms with Crippen molar-refractivity contribution in [3.05, 3.63) is 163 Å². The minimum absolute atomic E-state index is 0.211. The fourth-order valence-corrected chi connectivity index (χ4v) is 7.16. The maximum atomic E-state index is 6.22. The number of fused-ring (bicyclic) bond motifs is 8. The van der Waals surface area contributed by atoms with Gasteiger partial charge in [-0.3, -0.25) is 0 Å². The lowest BCUT2D eigenvalue weighted by Gasteiger charge is -2.15. The zero-order valence-corrected chi connectivity index (χ0v) is 25.9. The van der Waals surface area contributed by atoms with Crippen LogP contribution in [-0.2, 0) is 0 Å². The number of hydrogen-bond donors (Lipinski definition) is 1. The SMILES string of the molecule is c1cc(-c2ccc3c4ccc(-c5cccc(C6Nc7ccccc7O6)c5)cc4c4ccccc4c3c2)cc(-c2nc3ccccc3o2)c1. The minimum atomic E-state index is -0.211. The Bertz CT molecular complexity index is 2630. The van der Waals surface area contributed by atoms with Crippen molar-refractivity contribution in [2.45, 2.75) is 6.23 Å². The molecule has 0 aliphatic carbocycles.